The number of nitrogens with one attached hydrogen (secondary N) is 1. The molecule has 0 fully saturated rings. The Morgan fingerprint density at radius 3 is 2.86 bits per heavy atom. The van der Waals surface area contributed by atoms with Crippen LogP contribution >= 0.6 is 0 Å². The summed E-state index contributed by atoms with van der Waals surface area (Å²) in [5, 5.41) is 12.5. The van der Waals surface area contributed by atoms with Crippen LogP contribution in [0, 0.1) is 13.8 Å². The van der Waals surface area contributed by atoms with E-state index >= 15 is 0 Å². The predicted molar refractivity (Wildman–Crippen MR) is 77.0 cm³/mol. The van der Waals surface area contributed by atoms with E-state index < -0.39 is 0 Å². The number of hydrogen-bond acceptors (Lipinski definition) is 4. The van der Waals surface area contributed by atoms with Gasteiger partial charge in [0.1, 0.15) is 5.56 Å². The molecule has 0 spiro atoms. The molecule has 1 aliphatic rings. The topological polar surface area (TPSA) is 71.7 Å². The number of ether oxygens (including phenoxy) is 2. The van der Waals surface area contributed by atoms with Crippen LogP contribution in [0.15, 0.2) is 30.5 Å². The standard InChI is InChI=1S/C16H16N2O4/c1-10-5-6-18(20)11(2)15(10)16(19)17-8-12-3-4-13-14(7-12)22-9-21-13/h3-7H,8-9H2,1-2H3,(H-,17,19,20)/p+1. The highest BCUT2D eigenvalue weighted by atomic mass is 16.7. The lowest BCUT2D eigenvalue weighted by Crippen LogP contribution is -2.37. The van der Waals surface area contributed by atoms with E-state index in [9.17, 15) is 10.0 Å². The Kier molecular flexibility index (Phi) is 3.58. The Bertz CT molecular complexity index is 743. The minimum Gasteiger partial charge on any atom is -0.454 e. The summed E-state index contributed by atoms with van der Waals surface area (Å²) in [7, 11) is 0. The molecule has 1 aromatic carbocycles. The van der Waals surface area contributed by atoms with Crippen molar-refractivity contribution in [2.45, 2.75) is 20.4 Å². The molecule has 6 nitrogen and oxygen atoms in total. The zero-order valence-electron chi connectivity index (χ0n) is 12.4. The first-order chi connectivity index (χ1) is 10.6. The monoisotopic (exact) mass is 301 g/mol. The van der Waals surface area contributed by atoms with E-state index in [-0.39, 0.29) is 12.7 Å². The third-order valence-corrected chi connectivity index (χ3v) is 3.68. The van der Waals surface area contributed by atoms with Crippen molar-refractivity contribution in [1.82, 2.24) is 5.32 Å². The first kappa shape index (κ1) is 14.2. The first-order valence-electron chi connectivity index (χ1n) is 6.94. The third-order valence-electron chi connectivity index (χ3n) is 3.68. The molecular weight excluding hydrogens is 284 g/mol. The number of carbonyl (C=O) groups is 1. The molecule has 0 bridgehead atoms. The number of hydrogen-bond donors (Lipinski definition) is 2. The van der Waals surface area contributed by atoms with Gasteiger partial charge in [-0.3, -0.25) is 10.0 Å². The van der Waals surface area contributed by atoms with Crippen LogP contribution in [-0.2, 0) is 6.54 Å². The summed E-state index contributed by atoms with van der Waals surface area (Å²) in [6.07, 6.45) is 1.51. The maximum Gasteiger partial charge on any atom is 0.258 e. The molecule has 0 atom stereocenters. The van der Waals surface area contributed by atoms with Crippen LogP contribution in [-0.4, -0.2) is 17.9 Å². The lowest BCUT2D eigenvalue weighted by molar-refractivity contribution is -0.908. The van der Waals surface area contributed by atoms with Crippen molar-refractivity contribution in [3.8, 4) is 11.5 Å². The number of amides is 1. The van der Waals surface area contributed by atoms with Crippen molar-refractivity contribution in [1.29, 1.82) is 0 Å². The number of benzene rings is 1. The van der Waals surface area contributed by atoms with E-state index in [2.05, 4.69) is 5.32 Å². The summed E-state index contributed by atoms with van der Waals surface area (Å²) in [4.78, 5) is 12.4. The molecule has 6 heteroatoms. The molecular formula is C16H17N2O4+. The molecule has 2 aromatic rings. The number of carbonyl (C=O) groups excluding carboxylic acids is 1. The number of aryl methyl sites for hydroxylation is 1. The number of fused-ring (bicyclic) bond motifs is 1. The molecule has 114 valence electrons. The second-order valence-corrected chi connectivity index (χ2v) is 5.17. The zero-order valence-corrected chi connectivity index (χ0v) is 12.4. The molecule has 1 aromatic heterocycles. The third kappa shape index (κ3) is 2.55. The largest absolute Gasteiger partial charge is 0.454 e. The summed E-state index contributed by atoms with van der Waals surface area (Å²) in [5.41, 5.74) is 2.71. The molecule has 0 saturated carbocycles. The average molecular weight is 301 g/mol. The Labute approximate surface area is 127 Å². The van der Waals surface area contributed by atoms with Crippen LogP contribution in [0.1, 0.15) is 27.2 Å². The SMILES string of the molecule is Cc1cc[n+](O)c(C)c1C(=O)NCc1ccc2c(c1)OCO2. The Morgan fingerprint density at radius 1 is 1.27 bits per heavy atom. The number of pyridine rings is 1. The second kappa shape index (κ2) is 5.55. The number of nitrogens with zero attached hydrogens (tertiary/aromatic N) is 1. The quantitative estimate of drug-likeness (QED) is 0.665. The highest BCUT2D eigenvalue weighted by molar-refractivity contribution is 5.96. The van der Waals surface area contributed by atoms with Crippen LogP contribution in [0.2, 0.25) is 0 Å². The van der Waals surface area contributed by atoms with Gasteiger partial charge in [0.15, 0.2) is 11.5 Å². The fraction of sp³-hybridized carbons (Fsp3) is 0.250. The van der Waals surface area contributed by atoms with Crippen molar-refractivity contribution in [2.75, 3.05) is 6.79 Å². The molecule has 22 heavy (non-hydrogen) atoms. The minimum atomic E-state index is -0.226. The molecule has 1 aliphatic heterocycles. The van der Waals surface area contributed by atoms with Crippen molar-refractivity contribution < 1.29 is 24.2 Å². The van der Waals surface area contributed by atoms with Gasteiger partial charge in [0.05, 0.1) is 0 Å². The second-order valence-electron chi connectivity index (χ2n) is 5.17. The van der Waals surface area contributed by atoms with E-state index in [0.29, 0.717) is 29.3 Å². The molecule has 0 aliphatic carbocycles. The first-order valence-corrected chi connectivity index (χ1v) is 6.94. The van der Waals surface area contributed by atoms with Gasteiger partial charge >= 0.3 is 0 Å². The molecule has 1 amide bonds. The van der Waals surface area contributed by atoms with E-state index in [1.54, 1.807) is 13.0 Å². The van der Waals surface area contributed by atoms with Crippen molar-refractivity contribution >= 4 is 5.91 Å². The molecule has 0 unspecified atom stereocenters. The van der Waals surface area contributed by atoms with Gasteiger partial charge in [-0.1, -0.05) is 6.07 Å². The molecule has 0 saturated heterocycles. The van der Waals surface area contributed by atoms with Crippen LogP contribution < -0.4 is 19.5 Å². The maximum atomic E-state index is 12.4. The predicted octanol–water partition coefficient (Wildman–Crippen LogP) is 1.49. The summed E-state index contributed by atoms with van der Waals surface area (Å²) < 4.78 is 11.5. The van der Waals surface area contributed by atoms with Crippen molar-refractivity contribution in [3.63, 3.8) is 0 Å². The molecule has 2 N–H and O–H groups in total. The van der Waals surface area contributed by atoms with Gasteiger partial charge in [-0.25, -0.2) is 0 Å². The Balaban J connectivity index is 1.74. The fourth-order valence-corrected chi connectivity index (χ4v) is 2.44. The zero-order chi connectivity index (χ0) is 15.7. The van der Waals surface area contributed by atoms with Gasteiger partial charge in [0, 0.05) is 24.3 Å². The van der Waals surface area contributed by atoms with Crippen LogP contribution in [0.4, 0.5) is 0 Å². The minimum absolute atomic E-state index is 0.226. The van der Waals surface area contributed by atoms with Gasteiger partial charge in [-0.05, 0) is 30.2 Å². The molecule has 2 heterocycles. The van der Waals surface area contributed by atoms with Gasteiger partial charge in [-0.15, -0.1) is 0 Å². The molecule has 3 rings (SSSR count). The summed E-state index contributed by atoms with van der Waals surface area (Å²) in [6.45, 7) is 4.13. The van der Waals surface area contributed by atoms with E-state index in [1.165, 1.54) is 6.20 Å². The Hall–Kier alpha value is -2.76. The fourth-order valence-electron chi connectivity index (χ4n) is 2.44. The van der Waals surface area contributed by atoms with E-state index in [4.69, 9.17) is 9.47 Å². The lowest BCUT2D eigenvalue weighted by atomic mass is 10.1. The number of rotatable bonds is 3. The van der Waals surface area contributed by atoms with Gasteiger partial charge < -0.3 is 14.8 Å². The van der Waals surface area contributed by atoms with Crippen LogP contribution in [0.25, 0.3) is 0 Å². The maximum absolute atomic E-state index is 12.4. The van der Waals surface area contributed by atoms with Crippen molar-refractivity contribution in [3.05, 3.63) is 52.8 Å². The van der Waals surface area contributed by atoms with Gasteiger partial charge in [0.25, 0.3) is 5.91 Å². The van der Waals surface area contributed by atoms with Gasteiger partial charge in [-0.2, -0.15) is 0 Å². The van der Waals surface area contributed by atoms with E-state index in [1.807, 2.05) is 25.1 Å². The smallest absolute Gasteiger partial charge is 0.258 e. The normalized spacial score (nSPS) is 12.3. The molecule has 0 radical (unpaired) electrons. The highest BCUT2D eigenvalue weighted by Crippen LogP contribution is 2.32. The lowest BCUT2D eigenvalue weighted by Gasteiger charge is -2.08. The average Bonchev–Trinajstić information content (AvgIpc) is 2.97. The summed E-state index contributed by atoms with van der Waals surface area (Å²) in [6, 6.07) is 7.25. The summed E-state index contributed by atoms with van der Waals surface area (Å²) >= 11 is 0. The van der Waals surface area contributed by atoms with Crippen LogP contribution in [0.3, 0.4) is 0 Å². The Morgan fingerprint density at radius 2 is 2.05 bits per heavy atom. The highest BCUT2D eigenvalue weighted by Gasteiger charge is 2.21. The number of aromatic nitrogens is 1. The van der Waals surface area contributed by atoms with Gasteiger partial charge in [0.2, 0.25) is 18.7 Å². The van der Waals surface area contributed by atoms with Crippen molar-refractivity contribution in [2.24, 2.45) is 0 Å². The summed E-state index contributed by atoms with van der Waals surface area (Å²) in [5.74, 6) is 1.18. The van der Waals surface area contributed by atoms with E-state index in [0.717, 1.165) is 15.9 Å². The van der Waals surface area contributed by atoms with Crippen LogP contribution in [0.5, 0.6) is 11.5 Å².